The van der Waals surface area contributed by atoms with Gasteiger partial charge in [-0.05, 0) is 31.4 Å². The van der Waals surface area contributed by atoms with Crippen molar-refractivity contribution in [1.29, 1.82) is 0 Å². The smallest absolute Gasteiger partial charge is 0.313 e. The Morgan fingerprint density at radius 3 is 2.95 bits per heavy atom. The molecule has 0 atom stereocenters. The highest BCUT2D eigenvalue weighted by Gasteiger charge is 2.21. The zero-order chi connectivity index (χ0) is 14.1. The monoisotopic (exact) mass is 289 g/mol. The molecule has 104 valence electrons. The topological polar surface area (TPSA) is 68.0 Å². The molecule has 2 aromatic rings. The van der Waals surface area contributed by atoms with Gasteiger partial charge in [0.25, 0.3) is 0 Å². The number of fused-ring (bicyclic) bond motifs is 1. The van der Waals surface area contributed by atoms with Gasteiger partial charge in [-0.25, -0.2) is 9.97 Å². The summed E-state index contributed by atoms with van der Waals surface area (Å²) in [6.07, 6.45) is 8.02. The first-order valence-corrected chi connectivity index (χ1v) is 7.48. The predicted octanol–water partition coefficient (Wildman–Crippen LogP) is 2.81. The van der Waals surface area contributed by atoms with E-state index >= 15 is 0 Å². The Bertz CT molecular complexity index is 685. The van der Waals surface area contributed by atoms with Crippen molar-refractivity contribution in [3.05, 3.63) is 30.0 Å². The number of aromatic nitrogens is 3. The number of pyridine rings is 1. The Morgan fingerprint density at radius 1 is 1.50 bits per heavy atom. The molecule has 0 fully saturated rings. The van der Waals surface area contributed by atoms with Crippen LogP contribution in [0.15, 0.2) is 29.6 Å². The Morgan fingerprint density at radius 2 is 2.25 bits per heavy atom. The molecule has 1 aliphatic rings. The summed E-state index contributed by atoms with van der Waals surface area (Å²) in [6, 6.07) is 2.29. The van der Waals surface area contributed by atoms with E-state index < -0.39 is 5.97 Å². The first kappa shape index (κ1) is 13.2. The van der Waals surface area contributed by atoms with Crippen LogP contribution >= 0.6 is 11.8 Å². The van der Waals surface area contributed by atoms with E-state index in [1.165, 1.54) is 11.8 Å². The molecule has 0 radical (unpaired) electrons. The van der Waals surface area contributed by atoms with Crippen LogP contribution < -0.4 is 0 Å². The van der Waals surface area contributed by atoms with Crippen LogP contribution in [-0.2, 0) is 4.79 Å². The number of allylic oxidation sites excluding steroid dienone is 2. The fourth-order valence-corrected chi connectivity index (χ4v) is 3.22. The zero-order valence-corrected chi connectivity index (χ0v) is 11.9. The van der Waals surface area contributed by atoms with Crippen LogP contribution in [0.1, 0.15) is 24.4 Å². The summed E-state index contributed by atoms with van der Waals surface area (Å²) in [5.74, 6) is -0.815. The number of nitrogens with zero attached hydrogens (tertiary/aromatic N) is 3. The molecule has 0 saturated carbocycles. The van der Waals surface area contributed by atoms with E-state index in [2.05, 4.69) is 26.7 Å². The van der Waals surface area contributed by atoms with Gasteiger partial charge >= 0.3 is 5.97 Å². The predicted molar refractivity (Wildman–Crippen MR) is 78.0 cm³/mol. The van der Waals surface area contributed by atoms with Gasteiger partial charge in [0.2, 0.25) is 0 Å². The third kappa shape index (κ3) is 2.43. The molecule has 3 rings (SSSR count). The van der Waals surface area contributed by atoms with E-state index in [0.29, 0.717) is 6.04 Å². The van der Waals surface area contributed by atoms with E-state index in [0.717, 1.165) is 34.7 Å². The van der Waals surface area contributed by atoms with Crippen molar-refractivity contribution in [2.45, 2.75) is 31.0 Å². The summed E-state index contributed by atoms with van der Waals surface area (Å²) in [4.78, 5) is 19.8. The van der Waals surface area contributed by atoms with Gasteiger partial charge in [0.05, 0.1) is 5.75 Å². The van der Waals surface area contributed by atoms with Crippen LogP contribution in [0.25, 0.3) is 11.2 Å². The number of thioether (sulfide) groups is 1. The zero-order valence-electron chi connectivity index (χ0n) is 11.1. The largest absolute Gasteiger partial charge is 0.481 e. The number of carbonyl (C=O) groups is 1. The van der Waals surface area contributed by atoms with Crippen molar-refractivity contribution in [2.24, 2.45) is 0 Å². The summed E-state index contributed by atoms with van der Waals surface area (Å²) >= 11 is 1.26. The Balaban J connectivity index is 2.06. The second-order valence-electron chi connectivity index (χ2n) is 4.90. The fourth-order valence-electron chi connectivity index (χ4n) is 2.43. The molecule has 2 aromatic heterocycles. The van der Waals surface area contributed by atoms with Crippen molar-refractivity contribution >= 4 is 28.9 Å². The lowest BCUT2D eigenvalue weighted by Crippen LogP contribution is -2.08. The number of aryl methyl sites for hydroxylation is 1. The molecule has 5 nitrogen and oxygen atoms in total. The van der Waals surface area contributed by atoms with Gasteiger partial charge in [-0.2, -0.15) is 0 Å². The van der Waals surface area contributed by atoms with E-state index in [1.54, 1.807) is 0 Å². The van der Waals surface area contributed by atoms with Gasteiger partial charge in [-0.1, -0.05) is 23.9 Å². The van der Waals surface area contributed by atoms with Gasteiger partial charge in [0.1, 0.15) is 5.52 Å². The highest BCUT2D eigenvalue weighted by Crippen LogP contribution is 2.33. The standard InChI is InChI=1S/C14H15N3O2S/c1-9-6-11-13(15-7-9)17(10-4-2-3-5-10)14(16-11)20-8-12(18)19/h2-3,6-7,10H,4-5,8H2,1H3,(H,18,19). The van der Waals surface area contributed by atoms with Crippen LogP contribution in [-0.4, -0.2) is 31.4 Å². The van der Waals surface area contributed by atoms with Crippen molar-refractivity contribution < 1.29 is 9.90 Å². The molecular formula is C14H15N3O2S. The van der Waals surface area contributed by atoms with Gasteiger partial charge in [0.15, 0.2) is 10.8 Å². The maximum absolute atomic E-state index is 10.8. The normalized spacial score (nSPS) is 15.2. The average molecular weight is 289 g/mol. The lowest BCUT2D eigenvalue weighted by atomic mass is 10.2. The number of aliphatic carboxylic acids is 1. The van der Waals surface area contributed by atoms with Gasteiger partial charge in [0, 0.05) is 12.2 Å². The van der Waals surface area contributed by atoms with Crippen molar-refractivity contribution in [3.63, 3.8) is 0 Å². The Kier molecular flexibility index (Phi) is 3.48. The highest BCUT2D eigenvalue weighted by molar-refractivity contribution is 7.99. The summed E-state index contributed by atoms with van der Waals surface area (Å²) in [6.45, 7) is 1.98. The summed E-state index contributed by atoms with van der Waals surface area (Å²) in [7, 11) is 0. The quantitative estimate of drug-likeness (QED) is 0.692. The maximum atomic E-state index is 10.8. The van der Waals surface area contributed by atoms with Crippen molar-refractivity contribution in [2.75, 3.05) is 5.75 Å². The van der Waals surface area contributed by atoms with Gasteiger partial charge in [-0.3, -0.25) is 9.36 Å². The second kappa shape index (κ2) is 5.28. The van der Waals surface area contributed by atoms with Crippen LogP contribution in [0, 0.1) is 6.92 Å². The van der Waals surface area contributed by atoms with Crippen LogP contribution in [0.2, 0.25) is 0 Å². The number of hydrogen-bond donors (Lipinski definition) is 1. The first-order chi connectivity index (χ1) is 9.65. The molecule has 0 spiro atoms. The van der Waals surface area contributed by atoms with E-state index in [4.69, 9.17) is 5.11 Å². The average Bonchev–Trinajstić information content (AvgIpc) is 3.01. The van der Waals surface area contributed by atoms with E-state index in [1.807, 2.05) is 19.2 Å². The fraction of sp³-hybridized carbons (Fsp3) is 0.357. The molecule has 0 unspecified atom stereocenters. The van der Waals surface area contributed by atoms with Crippen LogP contribution in [0.5, 0.6) is 0 Å². The van der Waals surface area contributed by atoms with E-state index in [-0.39, 0.29) is 5.75 Å². The maximum Gasteiger partial charge on any atom is 0.313 e. The Hall–Kier alpha value is -1.82. The molecule has 0 bridgehead atoms. The third-order valence-electron chi connectivity index (χ3n) is 3.31. The number of carboxylic acid groups (broad SMARTS) is 1. The summed E-state index contributed by atoms with van der Waals surface area (Å²) < 4.78 is 2.09. The van der Waals surface area contributed by atoms with Gasteiger partial charge < -0.3 is 5.11 Å². The molecule has 0 aliphatic heterocycles. The molecular weight excluding hydrogens is 274 g/mol. The number of hydrogen-bond acceptors (Lipinski definition) is 4. The highest BCUT2D eigenvalue weighted by atomic mass is 32.2. The van der Waals surface area contributed by atoms with E-state index in [9.17, 15) is 4.79 Å². The molecule has 0 saturated heterocycles. The van der Waals surface area contributed by atoms with Crippen molar-refractivity contribution in [3.8, 4) is 0 Å². The second-order valence-corrected chi connectivity index (χ2v) is 5.84. The molecule has 1 aliphatic carbocycles. The lowest BCUT2D eigenvalue weighted by molar-refractivity contribution is -0.133. The summed E-state index contributed by atoms with van der Waals surface area (Å²) in [5.41, 5.74) is 2.74. The Labute approximate surface area is 120 Å². The lowest BCUT2D eigenvalue weighted by Gasteiger charge is -2.14. The molecule has 20 heavy (non-hydrogen) atoms. The minimum absolute atomic E-state index is 0.0163. The first-order valence-electron chi connectivity index (χ1n) is 6.49. The SMILES string of the molecule is Cc1cnc2c(c1)nc(SCC(=O)O)n2C1CC=CC1. The van der Waals surface area contributed by atoms with Crippen LogP contribution in [0.4, 0.5) is 0 Å². The molecule has 2 heterocycles. The number of carboxylic acids is 1. The number of imidazole rings is 1. The molecule has 0 aromatic carbocycles. The summed E-state index contributed by atoms with van der Waals surface area (Å²) in [5, 5.41) is 9.61. The minimum Gasteiger partial charge on any atom is -0.481 e. The molecule has 0 amide bonds. The molecule has 1 N–H and O–H groups in total. The van der Waals surface area contributed by atoms with Crippen LogP contribution in [0.3, 0.4) is 0 Å². The van der Waals surface area contributed by atoms with Crippen molar-refractivity contribution in [1.82, 2.24) is 14.5 Å². The van der Waals surface area contributed by atoms with Gasteiger partial charge in [-0.15, -0.1) is 0 Å². The molecule has 6 heteroatoms. The minimum atomic E-state index is -0.831. The third-order valence-corrected chi connectivity index (χ3v) is 4.24. The number of rotatable bonds is 4.